The van der Waals surface area contributed by atoms with Gasteiger partial charge in [-0.2, -0.15) is 0 Å². The van der Waals surface area contributed by atoms with Crippen molar-refractivity contribution in [1.82, 2.24) is 9.55 Å². The van der Waals surface area contributed by atoms with Crippen molar-refractivity contribution in [3.05, 3.63) is 28.4 Å². The van der Waals surface area contributed by atoms with Gasteiger partial charge < -0.3 is 15.0 Å². The Labute approximate surface area is 111 Å². The van der Waals surface area contributed by atoms with E-state index in [-0.39, 0.29) is 0 Å². The zero-order valence-corrected chi connectivity index (χ0v) is 11.7. The first-order valence-electron chi connectivity index (χ1n) is 5.59. The molecule has 1 heterocycles. The lowest BCUT2D eigenvalue weighted by atomic mass is 10.0. The van der Waals surface area contributed by atoms with Gasteiger partial charge in [0.1, 0.15) is 16.6 Å². The van der Waals surface area contributed by atoms with Gasteiger partial charge in [-0.05, 0) is 31.0 Å². The van der Waals surface area contributed by atoms with Crippen molar-refractivity contribution in [3.8, 4) is 17.0 Å². The van der Waals surface area contributed by atoms with Crippen LogP contribution >= 0.6 is 11.6 Å². The van der Waals surface area contributed by atoms with Gasteiger partial charge in [-0.25, -0.2) is 4.98 Å². The maximum atomic E-state index is 6.25. The molecule has 0 saturated carbocycles. The van der Waals surface area contributed by atoms with Gasteiger partial charge in [0.2, 0.25) is 5.95 Å². The van der Waals surface area contributed by atoms with E-state index in [1.807, 2.05) is 19.9 Å². The second kappa shape index (κ2) is 4.53. The largest absolute Gasteiger partial charge is 0.496 e. The molecule has 0 amide bonds. The fourth-order valence-corrected chi connectivity index (χ4v) is 2.30. The normalized spacial score (nSPS) is 10.7. The molecule has 0 bridgehead atoms. The van der Waals surface area contributed by atoms with Gasteiger partial charge in [0, 0.05) is 12.6 Å². The number of aryl methyl sites for hydroxylation is 2. The number of methoxy groups -OCH3 is 1. The second-order valence-corrected chi connectivity index (χ2v) is 4.69. The molecule has 0 aliphatic carbocycles. The van der Waals surface area contributed by atoms with E-state index in [1.54, 1.807) is 18.7 Å². The molecule has 0 spiro atoms. The van der Waals surface area contributed by atoms with Gasteiger partial charge in [-0.1, -0.05) is 17.7 Å². The summed E-state index contributed by atoms with van der Waals surface area (Å²) in [5.74, 6) is 1.16. The van der Waals surface area contributed by atoms with Crippen LogP contribution in [0.1, 0.15) is 11.1 Å². The maximum Gasteiger partial charge on any atom is 0.201 e. The van der Waals surface area contributed by atoms with Crippen LogP contribution in [0.4, 0.5) is 5.95 Å². The van der Waals surface area contributed by atoms with E-state index in [2.05, 4.69) is 11.1 Å². The highest BCUT2D eigenvalue weighted by Crippen LogP contribution is 2.37. The fourth-order valence-electron chi connectivity index (χ4n) is 2.07. The Hall–Kier alpha value is -1.68. The molecule has 0 saturated heterocycles. The van der Waals surface area contributed by atoms with Crippen LogP contribution < -0.4 is 10.5 Å². The van der Waals surface area contributed by atoms with E-state index in [0.717, 1.165) is 22.4 Å². The fraction of sp³-hybridized carbons (Fsp3) is 0.308. The highest BCUT2D eigenvalue weighted by Gasteiger charge is 2.18. The molecule has 0 radical (unpaired) electrons. The molecule has 96 valence electrons. The number of anilines is 1. The zero-order chi connectivity index (χ0) is 13.4. The van der Waals surface area contributed by atoms with Crippen molar-refractivity contribution in [2.75, 3.05) is 12.8 Å². The van der Waals surface area contributed by atoms with Crippen LogP contribution in [-0.4, -0.2) is 16.7 Å². The SMILES string of the molecule is COc1c(C)cc(C)cc1-c1nc(N)n(C)c1Cl. The first-order valence-corrected chi connectivity index (χ1v) is 5.96. The quantitative estimate of drug-likeness (QED) is 0.908. The van der Waals surface area contributed by atoms with E-state index in [0.29, 0.717) is 16.8 Å². The van der Waals surface area contributed by atoms with Crippen LogP contribution in [0, 0.1) is 13.8 Å². The third-order valence-corrected chi connectivity index (χ3v) is 3.37. The highest BCUT2D eigenvalue weighted by molar-refractivity contribution is 6.32. The van der Waals surface area contributed by atoms with Gasteiger partial charge in [0.25, 0.3) is 0 Å². The molecule has 5 heteroatoms. The Morgan fingerprint density at radius 3 is 2.50 bits per heavy atom. The van der Waals surface area contributed by atoms with Crippen molar-refractivity contribution in [3.63, 3.8) is 0 Å². The van der Waals surface area contributed by atoms with E-state index in [1.165, 1.54) is 0 Å². The Morgan fingerprint density at radius 1 is 1.33 bits per heavy atom. The topological polar surface area (TPSA) is 53.1 Å². The highest BCUT2D eigenvalue weighted by atomic mass is 35.5. The summed E-state index contributed by atoms with van der Waals surface area (Å²) in [4.78, 5) is 4.30. The summed E-state index contributed by atoms with van der Waals surface area (Å²) in [5.41, 5.74) is 9.47. The minimum Gasteiger partial charge on any atom is -0.496 e. The molecule has 0 atom stereocenters. The molecule has 1 aromatic heterocycles. The lowest BCUT2D eigenvalue weighted by Gasteiger charge is -2.11. The van der Waals surface area contributed by atoms with Crippen molar-refractivity contribution in [1.29, 1.82) is 0 Å². The summed E-state index contributed by atoms with van der Waals surface area (Å²) in [7, 11) is 3.42. The second-order valence-electron chi connectivity index (χ2n) is 4.33. The van der Waals surface area contributed by atoms with Crippen LogP contribution in [0.25, 0.3) is 11.3 Å². The zero-order valence-electron chi connectivity index (χ0n) is 10.9. The lowest BCUT2D eigenvalue weighted by Crippen LogP contribution is -1.96. The summed E-state index contributed by atoms with van der Waals surface area (Å²) in [6.45, 7) is 4.02. The Kier molecular flexibility index (Phi) is 3.22. The number of halogens is 1. The molecule has 4 nitrogen and oxygen atoms in total. The molecule has 2 aromatic rings. The molecule has 0 unspecified atom stereocenters. The molecule has 2 rings (SSSR count). The Morgan fingerprint density at radius 2 is 2.00 bits per heavy atom. The smallest absolute Gasteiger partial charge is 0.201 e. The summed E-state index contributed by atoms with van der Waals surface area (Å²) in [6.07, 6.45) is 0. The minimum atomic E-state index is 0.385. The number of imidazole rings is 1. The number of aromatic nitrogens is 2. The number of nitrogen functional groups attached to an aromatic ring is 1. The van der Waals surface area contributed by atoms with E-state index in [9.17, 15) is 0 Å². The van der Waals surface area contributed by atoms with E-state index in [4.69, 9.17) is 22.1 Å². The number of nitrogens with two attached hydrogens (primary N) is 1. The average molecular weight is 266 g/mol. The first-order chi connectivity index (χ1) is 8.45. The van der Waals surface area contributed by atoms with E-state index >= 15 is 0 Å². The van der Waals surface area contributed by atoms with Crippen LogP contribution in [0.3, 0.4) is 0 Å². The van der Waals surface area contributed by atoms with Gasteiger partial charge in [0.15, 0.2) is 0 Å². The number of hydrogen-bond donors (Lipinski definition) is 1. The summed E-state index contributed by atoms with van der Waals surface area (Å²) in [6, 6.07) is 4.06. The monoisotopic (exact) mass is 265 g/mol. The van der Waals surface area contributed by atoms with Crippen LogP contribution in [0.2, 0.25) is 5.15 Å². The van der Waals surface area contributed by atoms with Crippen LogP contribution in [-0.2, 0) is 7.05 Å². The van der Waals surface area contributed by atoms with E-state index < -0.39 is 0 Å². The van der Waals surface area contributed by atoms with Gasteiger partial charge in [0.05, 0.1) is 7.11 Å². The first kappa shape index (κ1) is 12.8. The summed E-state index contributed by atoms with van der Waals surface area (Å²) >= 11 is 6.25. The predicted octanol–water partition coefficient (Wildman–Crippen LogP) is 2.95. The standard InChI is InChI=1S/C13H16ClN3O/c1-7-5-8(2)11(18-4)9(6-7)10-12(14)17(3)13(15)16-10/h5-6H,1-4H3,(H2,15,16). The summed E-state index contributed by atoms with van der Waals surface area (Å²) in [5, 5.41) is 0.510. The van der Waals surface area contributed by atoms with Gasteiger partial charge >= 0.3 is 0 Å². The molecule has 2 N–H and O–H groups in total. The van der Waals surface area contributed by atoms with Gasteiger partial charge in [-0.3, -0.25) is 0 Å². The Balaban J connectivity index is 2.73. The molecule has 0 aliphatic heterocycles. The van der Waals surface area contributed by atoms with Crippen molar-refractivity contribution < 1.29 is 4.74 Å². The third-order valence-electron chi connectivity index (χ3n) is 2.94. The van der Waals surface area contributed by atoms with Crippen molar-refractivity contribution >= 4 is 17.5 Å². The maximum absolute atomic E-state index is 6.25. The number of nitrogens with zero attached hydrogens (tertiary/aromatic N) is 2. The molecule has 18 heavy (non-hydrogen) atoms. The molecular weight excluding hydrogens is 250 g/mol. The van der Waals surface area contributed by atoms with Gasteiger partial charge in [-0.15, -0.1) is 0 Å². The van der Waals surface area contributed by atoms with Crippen LogP contribution in [0.5, 0.6) is 5.75 Å². The average Bonchev–Trinajstić information content (AvgIpc) is 2.56. The minimum absolute atomic E-state index is 0.385. The van der Waals surface area contributed by atoms with Crippen LogP contribution in [0.15, 0.2) is 12.1 Å². The molecule has 1 aromatic carbocycles. The number of rotatable bonds is 2. The lowest BCUT2D eigenvalue weighted by molar-refractivity contribution is 0.413. The Bertz CT molecular complexity index is 605. The summed E-state index contributed by atoms with van der Waals surface area (Å²) < 4.78 is 7.09. The van der Waals surface area contributed by atoms with Crippen molar-refractivity contribution in [2.24, 2.45) is 7.05 Å². The third kappa shape index (κ3) is 1.93. The predicted molar refractivity (Wildman–Crippen MR) is 74.1 cm³/mol. The van der Waals surface area contributed by atoms with Crippen molar-refractivity contribution in [2.45, 2.75) is 13.8 Å². The number of hydrogen-bond acceptors (Lipinski definition) is 3. The molecule has 0 fully saturated rings. The molecular formula is C13H16ClN3O. The molecule has 0 aliphatic rings. The number of ether oxygens (including phenoxy) is 1. The number of benzene rings is 1.